The van der Waals surface area contributed by atoms with Crippen molar-refractivity contribution in [3.05, 3.63) is 0 Å². The largest absolute Gasteiger partial charge is 0.459 e. The Bertz CT molecular complexity index is 1330. The second kappa shape index (κ2) is 19.6. The molecule has 4 aliphatic heterocycles. The molecule has 58 heavy (non-hydrogen) atoms. The zero-order valence-electron chi connectivity index (χ0n) is 38.3. The van der Waals surface area contributed by atoms with Crippen LogP contribution >= 0.6 is 0 Å². The summed E-state index contributed by atoms with van der Waals surface area (Å²) in [5, 5.41) is 50.7. The van der Waals surface area contributed by atoms with Gasteiger partial charge in [-0.1, -0.05) is 27.7 Å². The van der Waals surface area contributed by atoms with E-state index < -0.39 is 95.5 Å². The van der Waals surface area contributed by atoms with Gasteiger partial charge in [0.2, 0.25) is 0 Å². The average molecular weight is 832 g/mol. The molecule has 1 spiro atoms. The van der Waals surface area contributed by atoms with Crippen molar-refractivity contribution < 1.29 is 58.4 Å². The fraction of sp³-hybridized carbons (Fsp3) is 0.977. The number of rotatable bonds is 9. The summed E-state index contributed by atoms with van der Waals surface area (Å²) in [7, 11) is 5.47. The van der Waals surface area contributed by atoms with Crippen LogP contribution in [0.1, 0.15) is 115 Å². The van der Waals surface area contributed by atoms with Crippen LogP contribution in [0.3, 0.4) is 0 Å². The van der Waals surface area contributed by atoms with Crippen molar-refractivity contribution in [3.63, 3.8) is 0 Å². The first-order valence-corrected chi connectivity index (χ1v) is 21.9. The summed E-state index contributed by atoms with van der Waals surface area (Å²) >= 11 is 0. The minimum absolute atomic E-state index is 0.147. The van der Waals surface area contributed by atoms with E-state index in [1.807, 2.05) is 60.5 Å². The van der Waals surface area contributed by atoms with Crippen molar-refractivity contribution in [3.8, 4) is 0 Å². The summed E-state index contributed by atoms with van der Waals surface area (Å²) < 4.78 is 45.9. The van der Waals surface area contributed by atoms with E-state index in [0.717, 1.165) is 13.0 Å². The quantitative estimate of drug-likeness (QED) is 0.214. The molecule has 4 aliphatic rings. The fourth-order valence-corrected chi connectivity index (χ4v) is 10.3. The third-order valence-electron chi connectivity index (χ3n) is 14.0. The molecule has 0 radical (unpaired) electrons. The van der Waals surface area contributed by atoms with Crippen LogP contribution in [0.4, 0.5) is 0 Å². The van der Waals surface area contributed by atoms with Crippen molar-refractivity contribution in [2.24, 2.45) is 17.8 Å². The van der Waals surface area contributed by atoms with Crippen molar-refractivity contribution in [1.29, 1.82) is 0 Å². The molecule has 0 aromatic carbocycles. The molecule has 340 valence electrons. The maximum Gasteiger partial charge on any atom is 0.311 e. The van der Waals surface area contributed by atoms with E-state index >= 15 is 0 Å². The molecule has 0 amide bonds. The third-order valence-corrected chi connectivity index (χ3v) is 14.0. The van der Waals surface area contributed by atoms with Gasteiger partial charge in [-0.15, -0.1) is 0 Å². The number of carbonyl (C=O) groups excluding carboxylic acids is 1. The molecule has 4 fully saturated rings. The molecular weight excluding hydrogens is 750 g/mol. The number of nitrogens with one attached hydrogen (secondary N) is 1. The smallest absolute Gasteiger partial charge is 0.311 e. The van der Waals surface area contributed by atoms with E-state index in [0.29, 0.717) is 19.5 Å². The lowest BCUT2D eigenvalue weighted by atomic mass is 9.75. The lowest BCUT2D eigenvalue weighted by Gasteiger charge is -2.54. The zero-order chi connectivity index (χ0) is 43.7. The SMILES string of the molecule is CCCN1C[C@]2(OC1C)[C@H](C)O[C@@H](O[C@H]1[C@H](C)[C@@H](O[C@@H]3O[C@H](C)C[C@H](N(C)C)[C@H]3O)[C@@](C)(O)C[C@@H](C)CN[C@H](C)[C@@H](O)[C@](C)(O)[C@@H](CC)OC(=O)[C@@H]1C)C[C@@]2(C)OC. The van der Waals surface area contributed by atoms with E-state index in [9.17, 15) is 25.2 Å². The number of ether oxygens (including phenoxy) is 7. The standard InChI is InChI=1S/C43H81N3O12/c1-16-18-46-23-43(58-30(46)9)29(8)54-33(21-41(43,11)52-15)56-35-26(5)37(57-39-34(47)31(45(13)14)19-25(4)53-39)40(10,50)20-24(3)22-44-28(7)36(48)42(12,51)32(17-2)55-38(49)27(35)6/h24-37,39,44,47-48,50-51H,16-23H2,1-15H3/t24-,25-,26+,27-,28-,29+,30?,31+,32-,33+,34-,35+,36-,37-,39+,40+,41-,42-,43+/m1/s1. The molecule has 1 unspecified atom stereocenters. The Morgan fingerprint density at radius 3 is 2.21 bits per heavy atom. The lowest BCUT2D eigenvalue weighted by Crippen LogP contribution is -2.68. The number of methoxy groups -OCH3 is 1. The number of hydrogen-bond acceptors (Lipinski definition) is 15. The number of cyclic esters (lactones) is 1. The Morgan fingerprint density at radius 2 is 1.62 bits per heavy atom. The van der Waals surface area contributed by atoms with Gasteiger partial charge in [0.25, 0.3) is 0 Å². The minimum Gasteiger partial charge on any atom is -0.459 e. The van der Waals surface area contributed by atoms with Gasteiger partial charge >= 0.3 is 5.97 Å². The van der Waals surface area contributed by atoms with Gasteiger partial charge in [-0.2, -0.15) is 0 Å². The van der Waals surface area contributed by atoms with Crippen LogP contribution in [0.2, 0.25) is 0 Å². The highest BCUT2D eigenvalue weighted by Crippen LogP contribution is 2.48. The van der Waals surface area contributed by atoms with E-state index in [4.69, 9.17) is 33.2 Å². The Morgan fingerprint density at radius 1 is 0.966 bits per heavy atom. The Balaban J connectivity index is 1.80. The number of aliphatic hydroxyl groups excluding tert-OH is 2. The van der Waals surface area contributed by atoms with Gasteiger partial charge in [0, 0.05) is 44.6 Å². The fourth-order valence-electron chi connectivity index (χ4n) is 10.3. The molecule has 15 nitrogen and oxygen atoms in total. The highest BCUT2D eigenvalue weighted by Gasteiger charge is 2.64. The minimum atomic E-state index is -1.80. The number of hydrogen-bond donors (Lipinski definition) is 5. The highest BCUT2D eigenvalue weighted by molar-refractivity contribution is 5.73. The molecule has 4 rings (SSSR count). The zero-order valence-corrected chi connectivity index (χ0v) is 38.3. The second-order valence-corrected chi connectivity index (χ2v) is 19.2. The van der Waals surface area contributed by atoms with Gasteiger partial charge in [-0.3, -0.25) is 9.69 Å². The third kappa shape index (κ3) is 10.2. The van der Waals surface area contributed by atoms with E-state index in [2.05, 4.69) is 17.1 Å². The van der Waals surface area contributed by atoms with Crippen LogP contribution in [0.5, 0.6) is 0 Å². The lowest BCUT2D eigenvalue weighted by molar-refractivity contribution is -0.338. The second-order valence-electron chi connectivity index (χ2n) is 19.2. The topological polar surface area (TPSA) is 181 Å². The Kier molecular flexibility index (Phi) is 16.7. The van der Waals surface area contributed by atoms with Gasteiger partial charge < -0.3 is 63.8 Å². The predicted molar refractivity (Wildman–Crippen MR) is 219 cm³/mol. The maximum atomic E-state index is 14.4. The first kappa shape index (κ1) is 49.6. The summed E-state index contributed by atoms with van der Waals surface area (Å²) in [6, 6.07) is -0.850. The normalized spacial score (nSPS) is 49.4. The Hall–Kier alpha value is -1.05. The molecule has 0 aliphatic carbocycles. The molecular formula is C43H81N3O12. The molecule has 15 heteroatoms. The van der Waals surface area contributed by atoms with Crippen LogP contribution in [0, 0.1) is 17.8 Å². The summed E-state index contributed by atoms with van der Waals surface area (Å²) in [4.78, 5) is 18.7. The molecule has 0 saturated carbocycles. The van der Waals surface area contributed by atoms with E-state index in [-0.39, 0.29) is 43.6 Å². The predicted octanol–water partition coefficient (Wildman–Crippen LogP) is 3.02. The summed E-state index contributed by atoms with van der Waals surface area (Å²) in [6.07, 6.45) is -5.99. The first-order chi connectivity index (χ1) is 26.9. The van der Waals surface area contributed by atoms with Gasteiger partial charge in [0.1, 0.15) is 41.3 Å². The molecule has 0 aromatic rings. The van der Waals surface area contributed by atoms with E-state index in [1.54, 1.807) is 34.8 Å². The van der Waals surface area contributed by atoms with Gasteiger partial charge in [0.05, 0.1) is 35.9 Å². The number of likely N-dealkylation sites (N-methyl/N-ethyl adjacent to an activating group) is 1. The molecule has 0 bridgehead atoms. The number of nitrogens with zero attached hydrogens (tertiary/aromatic N) is 2. The van der Waals surface area contributed by atoms with Crippen molar-refractivity contribution in [2.45, 2.75) is 211 Å². The molecule has 0 aromatic heterocycles. The monoisotopic (exact) mass is 832 g/mol. The van der Waals surface area contributed by atoms with Gasteiger partial charge in [-0.25, -0.2) is 0 Å². The number of esters is 1. The van der Waals surface area contributed by atoms with Crippen LogP contribution < -0.4 is 5.32 Å². The van der Waals surface area contributed by atoms with Gasteiger partial charge in [-0.05, 0) is 108 Å². The molecule has 4 saturated heterocycles. The highest BCUT2D eigenvalue weighted by atomic mass is 16.7. The molecule has 5 N–H and O–H groups in total. The van der Waals surface area contributed by atoms with Gasteiger partial charge in [0.15, 0.2) is 12.6 Å². The van der Waals surface area contributed by atoms with Crippen LogP contribution in [-0.2, 0) is 38.0 Å². The number of aliphatic hydroxyl groups is 4. The Labute approximate surface area is 348 Å². The summed E-state index contributed by atoms with van der Waals surface area (Å²) in [6.45, 7) is 24.2. The maximum absolute atomic E-state index is 14.4. The van der Waals surface area contributed by atoms with Crippen LogP contribution in [0.15, 0.2) is 0 Å². The van der Waals surface area contributed by atoms with E-state index in [1.165, 1.54) is 6.92 Å². The average Bonchev–Trinajstić information content (AvgIpc) is 3.49. The van der Waals surface area contributed by atoms with Crippen LogP contribution in [0.25, 0.3) is 0 Å². The van der Waals surface area contributed by atoms with Crippen molar-refractivity contribution in [2.75, 3.05) is 40.8 Å². The summed E-state index contributed by atoms with van der Waals surface area (Å²) in [5.74, 6) is -2.53. The van der Waals surface area contributed by atoms with Crippen molar-refractivity contribution >= 4 is 5.97 Å². The summed E-state index contributed by atoms with van der Waals surface area (Å²) in [5.41, 5.74) is -5.02. The first-order valence-electron chi connectivity index (χ1n) is 21.9. The molecule has 4 heterocycles. The number of carbonyl (C=O) groups is 1. The van der Waals surface area contributed by atoms with Crippen molar-refractivity contribution in [1.82, 2.24) is 15.1 Å². The molecule has 19 atom stereocenters. The van der Waals surface area contributed by atoms with Crippen LogP contribution in [-0.4, -0.2) is 173 Å².